The number of anilines is 1. The van der Waals surface area contributed by atoms with Gasteiger partial charge in [-0.05, 0) is 59.9 Å². The summed E-state index contributed by atoms with van der Waals surface area (Å²) in [4.78, 5) is 29.2. The Morgan fingerprint density at radius 2 is 1.60 bits per heavy atom. The molecule has 0 aromatic heterocycles. The third-order valence-corrected chi connectivity index (χ3v) is 8.83. The average Bonchev–Trinajstić information content (AvgIpc) is 2.89. The van der Waals surface area contributed by atoms with E-state index in [0.29, 0.717) is 12.2 Å². The van der Waals surface area contributed by atoms with Crippen LogP contribution in [0, 0.1) is 12.8 Å². The summed E-state index contributed by atoms with van der Waals surface area (Å²) in [6.45, 7) is 5.99. The Labute approximate surface area is 254 Å². The van der Waals surface area contributed by atoms with Crippen LogP contribution < -0.4 is 9.62 Å². The molecule has 0 unspecified atom stereocenters. The lowest BCUT2D eigenvalue weighted by Crippen LogP contribution is -2.53. The van der Waals surface area contributed by atoms with Gasteiger partial charge in [0.25, 0.3) is 0 Å². The van der Waals surface area contributed by atoms with Crippen molar-refractivity contribution in [2.24, 2.45) is 5.92 Å². The first kappa shape index (κ1) is 31.8. The standard InChI is InChI=1S/C30H35Br2N3O4S/c1-21(2)18-33-30(37)28(17-23-9-6-5-7-10-23)34(19-24-11-8-12-25(31)16-24)29(36)20-35(40(4,38)39)26-13-14-27(32)22(3)15-26/h5-16,21,28H,17-20H2,1-4H3,(H,33,37)/t28-/m1/s1. The van der Waals surface area contributed by atoms with Crippen molar-refractivity contribution in [3.63, 3.8) is 0 Å². The van der Waals surface area contributed by atoms with E-state index in [0.717, 1.165) is 36.2 Å². The highest BCUT2D eigenvalue weighted by molar-refractivity contribution is 9.10. The Bertz CT molecular complexity index is 1430. The molecule has 1 atom stereocenters. The van der Waals surface area contributed by atoms with E-state index in [2.05, 4.69) is 37.2 Å². The third kappa shape index (κ3) is 9.17. The molecule has 1 N–H and O–H groups in total. The number of amides is 2. The van der Waals surface area contributed by atoms with Gasteiger partial charge in [0.2, 0.25) is 21.8 Å². The number of nitrogens with zero attached hydrogens (tertiary/aromatic N) is 2. The zero-order valence-electron chi connectivity index (χ0n) is 23.1. The maximum Gasteiger partial charge on any atom is 0.244 e. The van der Waals surface area contributed by atoms with Crippen LogP contribution in [0.5, 0.6) is 0 Å². The molecule has 0 radical (unpaired) electrons. The lowest BCUT2D eigenvalue weighted by molar-refractivity contribution is -0.140. The zero-order valence-corrected chi connectivity index (χ0v) is 27.1. The predicted molar refractivity (Wildman–Crippen MR) is 168 cm³/mol. The van der Waals surface area contributed by atoms with Crippen molar-refractivity contribution in [3.8, 4) is 0 Å². The molecular formula is C30H35Br2N3O4S. The van der Waals surface area contributed by atoms with Gasteiger partial charge in [0.1, 0.15) is 12.6 Å². The number of sulfonamides is 1. The number of nitrogens with one attached hydrogen (secondary N) is 1. The topological polar surface area (TPSA) is 86.8 Å². The van der Waals surface area contributed by atoms with Crippen molar-refractivity contribution in [2.45, 2.75) is 39.8 Å². The van der Waals surface area contributed by atoms with Gasteiger partial charge >= 0.3 is 0 Å². The van der Waals surface area contributed by atoms with Gasteiger partial charge in [-0.3, -0.25) is 13.9 Å². The van der Waals surface area contributed by atoms with Crippen LogP contribution in [0.3, 0.4) is 0 Å². The summed E-state index contributed by atoms with van der Waals surface area (Å²) in [6.07, 6.45) is 1.36. The fourth-order valence-electron chi connectivity index (χ4n) is 4.21. The van der Waals surface area contributed by atoms with Gasteiger partial charge in [0.05, 0.1) is 11.9 Å². The predicted octanol–water partition coefficient (Wildman–Crippen LogP) is 5.70. The number of aryl methyl sites for hydroxylation is 1. The summed E-state index contributed by atoms with van der Waals surface area (Å²) in [5.74, 6) is -0.546. The summed E-state index contributed by atoms with van der Waals surface area (Å²) in [5, 5.41) is 2.98. The average molecular weight is 694 g/mol. The summed E-state index contributed by atoms with van der Waals surface area (Å²) < 4.78 is 28.6. The van der Waals surface area contributed by atoms with Crippen LogP contribution in [0.25, 0.3) is 0 Å². The van der Waals surface area contributed by atoms with E-state index in [4.69, 9.17) is 0 Å². The second kappa shape index (κ2) is 14.3. The molecule has 7 nitrogen and oxygen atoms in total. The van der Waals surface area contributed by atoms with E-state index < -0.39 is 28.5 Å². The Morgan fingerprint density at radius 3 is 2.20 bits per heavy atom. The van der Waals surface area contributed by atoms with E-state index >= 15 is 0 Å². The molecule has 2 amide bonds. The van der Waals surface area contributed by atoms with Crippen molar-refractivity contribution in [1.82, 2.24) is 10.2 Å². The molecule has 0 saturated carbocycles. The van der Waals surface area contributed by atoms with Gasteiger partial charge in [-0.1, -0.05) is 88.2 Å². The van der Waals surface area contributed by atoms with E-state index in [1.807, 2.05) is 75.4 Å². The first-order chi connectivity index (χ1) is 18.8. The number of benzene rings is 3. The number of carbonyl (C=O) groups excluding carboxylic acids is 2. The van der Waals surface area contributed by atoms with Gasteiger partial charge in [0.15, 0.2) is 0 Å². The molecule has 0 aliphatic heterocycles. The van der Waals surface area contributed by atoms with E-state index in [1.54, 1.807) is 18.2 Å². The summed E-state index contributed by atoms with van der Waals surface area (Å²) in [7, 11) is -3.82. The van der Waals surface area contributed by atoms with Crippen LogP contribution in [-0.2, 0) is 32.6 Å². The quantitative estimate of drug-likeness (QED) is 0.264. The molecule has 3 aromatic carbocycles. The lowest BCUT2D eigenvalue weighted by atomic mass is 10.0. The molecule has 0 spiro atoms. The molecule has 0 saturated heterocycles. The first-order valence-corrected chi connectivity index (χ1v) is 16.4. The molecule has 3 rings (SSSR count). The number of hydrogen-bond donors (Lipinski definition) is 1. The molecule has 214 valence electrons. The van der Waals surface area contributed by atoms with E-state index in [1.165, 1.54) is 4.90 Å². The molecule has 3 aromatic rings. The number of halogens is 2. The molecule has 0 heterocycles. The fourth-order valence-corrected chi connectivity index (χ4v) is 5.74. The molecular weight excluding hydrogens is 658 g/mol. The number of hydrogen-bond acceptors (Lipinski definition) is 4. The molecule has 0 aliphatic carbocycles. The Kier molecular flexibility index (Phi) is 11.4. The summed E-state index contributed by atoms with van der Waals surface area (Å²) >= 11 is 6.93. The van der Waals surface area contributed by atoms with Gasteiger partial charge in [-0.25, -0.2) is 8.42 Å². The van der Waals surface area contributed by atoms with Gasteiger partial charge < -0.3 is 10.2 Å². The first-order valence-electron chi connectivity index (χ1n) is 12.9. The van der Waals surface area contributed by atoms with Gasteiger partial charge in [0, 0.05) is 28.5 Å². The lowest BCUT2D eigenvalue weighted by Gasteiger charge is -2.33. The van der Waals surface area contributed by atoms with Crippen molar-refractivity contribution in [2.75, 3.05) is 23.7 Å². The molecule has 0 bridgehead atoms. The SMILES string of the molecule is Cc1cc(N(CC(=O)N(Cc2cccc(Br)c2)[C@H](Cc2ccccc2)C(=O)NCC(C)C)S(C)(=O)=O)ccc1Br. The number of carbonyl (C=O) groups is 2. The van der Waals surface area contributed by atoms with E-state index in [9.17, 15) is 18.0 Å². The van der Waals surface area contributed by atoms with Crippen LogP contribution in [0.2, 0.25) is 0 Å². The maximum absolute atomic E-state index is 14.1. The second-order valence-corrected chi connectivity index (χ2v) is 13.9. The highest BCUT2D eigenvalue weighted by Crippen LogP contribution is 2.26. The maximum atomic E-state index is 14.1. The van der Waals surface area contributed by atoms with Crippen LogP contribution in [-0.4, -0.2) is 50.5 Å². The monoisotopic (exact) mass is 691 g/mol. The minimum Gasteiger partial charge on any atom is -0.354 e. The van der Waals surface area contributed by atoms with Crippen molar-refractivity contribution in [3.05, 3.63) is 98.4 Å². The van der Waals surface area contributed by atoms with Crippen molar-refractivity contribution >= 4 is 59.4 Å². The highest BCUT2D eigenvalue weighted by atomic mass is 79.9. The second-order valence-electron chi connectivity index (χ2n) is 10.2. The van der Waals surface area contributed by atoms with Gasteiger partial charge in [-0.15, -0.1) is 0 Å². The Morgan fingerprint density at radius 1 is 0.925 bits per heavy atom. The van der Waals surface area contributed by atoms with E-state index in [-0.39, 0.29) is 24.8 Å². The normalized spacial score (nSPS) is 12.2. The largest absolute Gasteiger partial charge is 0.354 e. The highest BCUT2D eigenvalue weighted by Gasteiger charge is 2.33. The Balaban J connectivity index is 2.06. The smallest absolute Gasteiger partial charge is 0.244 e. The molecule has 0 aliphatic rings. The summed E-state index contributed by atoms with van der Waals surface area (Å²) in [6, 6.07) is 21.3. The molecule has 10 heteroatoms. The van der Waals surface area contributed by atoms with Crippen LogP contribution in [0.1, 0.15) is 30.5 Å². The van der Waals surface area contributed by atoms with Gasteiger partial charge in [-0.2, -0.15) is 0 Å². The van der Waals surface area contributed by atoms with Crippen molar-refractivity contribution in [1.29, 1.82) is 0 Å². The Hall–Kier alpha value is -2.69. The van der Waals surface area contributed by atoms with Crippen molar-refractivity contribution < 1.29 is 18.0 Å². The zero-order chi connectivity index (χ0) is 29.4. The molecule has 40 heavy (non-hydrogen) atoms. The minimum absolute atomic E-state index is 0.127. The fraction of sp³-hybridized carbons (Fsp3) is 0.333. The number of rotatable bonds is 12. The third-order valence-electron chi connectivity index (χ3n) is 6.31. The van der Waals surface area contributed by atoms with Crippen LogP contribution >= 0.6 is 31.9 Å². The summed E-state index contributed by atoms with van der Waals surface area (Å²) in [5.41, 5.74) is 2.91. The molecule has 0 fully saturated rings. The minimum atomic E-state index is -3.82. The van der Waals surface area contributed by atoms with Crippen LogP contribution in [0.15, 0.2) is 81.7 Å². The van der Waals surface area contributed by atoms with Crippen LogP contribution in [0.4, 0.5) is 5.69 Å².